The fraction of sp³-hybridized carbons (Fsp3) is 0.562. The number of alkyl carbamates (subject to hydrolysis) is 1. The molecule has 0 radical (unpaired) electrons. The second-order valence-electron chi connectivity index (χ2n) is 5.83. The largest absolute Gasteiger partial charge is 0.445 e. The van der Waals surface area contributed by atoms with Crippen LogP contribution in [0.1, 0.15) is 31.7 Å². The van der Waals surface area contributed by atoms with Gasteiger partial charge in [0.05, 0.1) is 0 Å². The molecule has 1 fully saturated rings. The number of nitrogens with one attached hydrogen (secondary N) is 2. The van der Waals surface area contributed by atoms with Crippen molar-refractivity contribution in [2.75, 3.05) is 19.6 Å². The summed E-state index contributed by atoms with van der Waals surface area (Å²) < 4.78 is 5.23. The highest BCUT2D eigenvalue weighted by Crippen LogP contribution is 2.27. The molecule has 1 heterocycles. The first kappa shape index (κ1) is 17.8. The van der Waals surface area contributed by atoms with Crippen molar-refractivity contribution in [2.45, 2.75) is 32.8 Å². The van der Waals surface area contributed by atoms with Crippen LogP contribution in [0, 0.1) is 5.41 Å². The maximum absolute atomic E-state index is 11.7. The summed E-state index contributed by atoms with van der Waals surface area (Å²) in [7, 11) is 0. The number of hydrogen-bond acceptors (Lipinski definition) is 3. The van der Waals surface area contributed by atoms with Gasteiger partial charge in [-0.25, -0.2) is 4.79 Å². The van der Waals surface area contributed by atoms with Gasteiger partial charge in [-0.2, -0.15) is 0 Å². The molecule has 1 aromatic rings. The van der Waals surface area contributed by atoms with E-state index in [-0.39, 0.29) is 23.9 Å². The van der Waals surface area contributed by atoms with Crippen LogP contribution >= 0.6 is 12.4 Å². The molecule has 118 valence electrons. The smallest absolute Gasteiger partial charge is 0.407 e. The molecule has 1 aliphatic heterocycles. The summed E-state index contributed by atoms with van der Waals surface area (Å²) in [6.07, 6.45) is 3.06. The van der Waals surface area contributed by atoms with Gasteiger partial charge < -0.3 is 15.4 Å². The molecule has 1 aromatic carbocycles. The molecule has 1 saturated heterocycles. The van der Waals surface area contributed by atoms with Crippen LogP contribution in [0.15, 0.2) is 30.3 Å². The minimum atomic E-state index is -0.327. The first-order valence-corrected chi connectivity index (χ1v) is 7.33. The zero-order valence-electron chi connectivity index (χ0n) is 12.6. The number of carbonyl (C=O) groups is 1. The molecule has 0 aliphatic carbocycles. The lowest BCUT2D eigenvalue weighted by Gasteiger charge is -2.27. The van der Waals surface area contributed by atoms with Gasteiger partial charge in [-0.05, 0) is 43.3 Å². The van der Waals surface area contributed by atoms with Crippen LogP contribution in [0.3, 0.4) is 0 Å². The van der Waals surface area contributed by atoms with Crippen LogP contribution in [0.25, 0.3) is 0 Å². The van der Waals surface area contributed by atoms with Crippen LogP contribution < -0.4 is 10.6 Å². The van der Waals surface area contributed by atoms with Gasteiger partial charge >= 0.3 is 6.09 Å². The van der Waals surface area contributed by atoms with Crippen LogP contribution in [0.5, 0.6) is 0 Å². The Labute approximate surface area is 133 Å². The predicted octanol–water partition coefficient (Wildman–Crippen LogP) is 3.11. The molecule has 0 aromatic heterocycles. The lowest BCUT2D eigenvalue weighted by atomic mass is 9.83. The standard InChI is InChI=1S/C16H24N2O2.ClH/c1-16(8-5-10-17-11-9-16)13-18-15(19)20-12-14-6-3-2-4-7-14;/h2-4,6-7,17H,5,8-13H2,1H3,(H,18,19);1H. The van der Waals surface area contributed by atoms with Gasteiger partial charge in [0.25, 0.3) is 0 Å². The highest BCUT2D eigenvalue weighted by molar-refractivity contribution is 5.85. The normalized spacial score (nSPS) is 21.8. The summed E-state index contributed by atoms with van der Waals surface area (Å²) in [5, 5.41) is 6.29. The van der Waals surface area contributed by atoms with E-state index in [1.807, 2.05) is 30.3 Å². The summed E-state index contributed by atoms with van der Waals surface area (Å²) in [6, 6.07) is 9.73. The molecular formula is C16H25ClN2O2. The quantitative estimate of drug-likeness (QED) is 0.898. The number of benzene rings is 1. The van der Waals surface area contributed by atoms with Crippen molar-refractivity contribution in [1.29, 1.82) is 0 Å². The van der Waals surface area contributed by atoms with Crippen molar-refractivity contribution >= 4 is 18.5 Å². The highest BCUT2D eigenvalue weighted by Gasteiger charge is 2.26. The highest BCUT2D eigenvalue weighted by atomic mass is 35.5. The summed E-state index contributed by atoms with van der Waals surface area (Å²) in [4.78, 5) is 11.7. The minimum absolute atomic E-state index is 0. The molecule has 0 spiro atoms. The lowest BCUT2D eigenvalue weighted by Crippen LogP contribution is -2.36. The molecule has 1 amide bonds. The summed E-state index contributed by atoms with van der Waals surface area (Å²) in [5.41, 5.74) is 1.18. The maximum Gasteiger partial charge on any atom is 0.407 e. The second kappa shape index (κ2) is 8.90. The SMILES string of the molecule is CC1(CNC(=O)OCc2ccccc2)CCCNCC1.Cl. The third kappa shape index (κ3) is 6.36. The molecule has 0 bridgehead atoms. The Balaban J connectivity index is 0.00000220. The van der Waals surface area contributed by atoms with E-state index in [0.29, 0.717) is 13.2 Å². The number of ether oxygens (including phenoxy) is 1. The first-order chi connectivity index (χ1) is 9.68. The molecule has 5 heteroatoms. The Hall–Kier alpha value is -1.26. The molecule has 4 nitrogen and oxygen atoms in total. The number of rotatable bonds is 4. The van der Waals surface area contributed by atoms with E-state index in [9.17, 15) is 4.79 Å². The van der Waals surface area contributed by atoms with Crippen molar-refractivity contribution < 1.29 is 9.53 Å². The van der Waals surface area contributed by atoms with Crippen LogP contribution in [0.4, 0.5) is 4.79 Å². The average Bonchev–Trinajstić information content (AvgIpc) is 2.69. The summed E-state index contributed by atoms with van der Waals surface area (Å²) in [6.45, 7) is 5.34. The minimum Gasteiger partial charge on any atom is -0.445 e. The van der Waals surface area contributed by atoms with E-state index in [1.54, 1.807) is 0 Å². The second-order valence-corrected chi connectivity index (χ2v) is 5.83. The van der Waals surface area contributed by atoms with Crippen LogP contribution in [0.2, 0.25) is 0 Å². The van der Waals surface area contributed by atoms with E-state index in [2.05, 4.69) is 17.6 Å². The fourth-order valence-electron chi connectivity index (χ4n) is 2.52. The summed E-state index contributed by atoms with van der Waals surface area (Å²) in [5.74, 6) is 0. The van der Waals surface area contributed by atoms with E-state index in [1.165, 1.54) is 0 Å². The van der Waals surface area contributed by atoms with Gasteiger partial charge in [0.1, 0.15) is 6.61 Å². The molecule has 2 N–H and O–H groups in total. The average molecular weight is 313 g/mol. The number of amides is 1. The van der Waals surface area contributed by atoms with E-state index >= 15 is 0 Å². The maximum atomic E-state index is 11.7. The number of hydrogen-bond donors (Lipinski definition) is 2. The van der Waals surface area contributed by atoms with Gasteiger partial charge in [-0.3, -0.25) is 0 Å². The monoisotopic (exact) mass is 312 g/mol. The third-order valence-electron chi connectivity index (χ3n) is 3.91. The van der Waals surface area contributed by atoms with E-state index in [4.69, 9.17) is 4.74 Å². The van der Waals surface area contributed by atoms with Gasteiger partial charge in [-0.1, -0.05) is 37.3 Å². The predicted molar refractivity (Wildman–Crippen MR) is 86.7 cm³/mol. The van der Waals surface area contributed by atoms with Crippen molar-refractivity contribution in [2.24, 2.45) is 5.41 Å². The lowest BCUT2D eigenvalue weighted by molar-refractivity contribution is 0.132. The Morgan fingerprint density at radius 1 is 1.29 bits per heavy atom. The molecular weight excluding hydrogens is 288 g/mol. The van der Waals surface area contributed by atoms with Gasteiger partial charge in [0.2, 0.25) is 0 Å². The zero-order chi connectivity index (χ0) is 14.3. The van der Waals surface area contributed by atoms with Crippen LogP contribution in [-0.2, 0) is 11.3 Å². The number of carbonyl (C=O) groups excluding carboxylic acids is 1. The Kier molecular flexibility index (Phi) is 7.54. The molecule has 0 saturated carbocycles. The van der Waals surface area contributed by atoms with Gasteiger partial charge in [-0.15, -0.1) is 12.4 Å². The van der Waals surface area contributed by atoms with Crippen LogP contribution in [-0.4, -0.2) is 25.7 Å². The van der Waals surface area contributed by atoms with Gasteiger partial charge in [0, 0.05) is 6.54 Å². The zero-order valence-corrected chi connectivity index (χ0v) is 13.4. The van der Waals surface area contributed by atoms with Gasteiger partial charge in [0.15, 0.2) is 0 Å². The molecule has 1 atom stereocenters. The van der Waals surface area contributed by atoms with Crippen molar-refractivity contribution in [1.82, 2.24) is 10.6 Å². The third-order valence-corrected chi connectivity index (χ3v) is 3.91. The van der Waals surface area contributed by atoms with Crippen molar-refractivity contribution in [3.8, 4) is 0 Å². The summed E-state index contributed by atoms with van der Waals surface area (Å²) >= 11 is 0. The molecule has 1 unspecified atom stereocenters. The van der Waals surface area contributed by atoms with E-state index in [0.717, 1.165) is 37.9 Å². The topological polar surface area (TPSA) is 50.4 Å². The Morgan fingerprint density at radius 2 is 2.05 bits per heavy atom. The Morgan fingerprint density at radius 3 is 2.81 bits per heavy atom. The molecule has 1 aliphatic rings. The molecule has 21 heavy (non-hydrogen) atoms. The molecule has 2 rings (SSSR count). The van der Waals surface area contributed by atoms with Crippen molar-refractivity contribution in [3.63, 3.8) is 0 Å². The fourth-order valence-corrected chi connectivity index (χ4v) is 2.52. The number of halogens is 1. The van der Waals surface area contributed by atoms with E-state index < -0.39 is 0 Å². The Bertz CT molecular complexity index is 418. The first-order valence-electron chi connectivity index (χ1n) is 7.33. The van der Waals surface area contributed by atoms with Crippen molar-refractivity contribution in [3.05, 3.63) is 35.9 Å².